The van der Waals surface area contributed by atoms with Gasteiger partial charge in [-0.05, 0) is 42.8 Å². The van der Waals surface area contributed by atoms with Gasteiger partial charge in [-0.3, -0.25) is 0 Å². The van der Waals surface area contributed by atoms with Crippen molar-refractivity contribution in [3.05, 3.63) is 63.1 Å². The monoisotopic (exact) mass is 354 g/mol. The first kappa shape index (κ1) is 15.4. The van der Waals surface area contributed by atoms with E-state index in [-0.39, 0.29) is 0 Å². The fraction of sp³-hybridized carbons (Fsp3) is 0.250. The van der Waals surface area contributed by atoms with E-state index >= 15 is 0 Å². The molecule has 106 valence electrons. The third kappa shape index (κ3) is 3.98. The molecule has 1 atom stereocenters. The minimum absolute atomic E-state index is 0.497. The molecule has 0 heterocycles. The van der Waals surface area contributed by atoms with Gasteiger partial charge in [0, 0.05) is 21.5 Å². The summed E-state index contributed by atoms with van der Waals surface area (Å²) in [6.45, 7) is 2.49. The van der Waals surface area contributed by atoms with Crippen molar-refractivity contribution in [2.45, 2.75) is 19.4 Å². The van der Waals surface area contributed by atoms with Crippen LogP contribution in [0.2, 0.25) is 5.02 Å². The number of rotatable bonds is 5. The minimum atomic E-state index is -0.632. The van der Waals surface area contributed by atoms with Gasteiger partial charge in [0.25, 0.3) is 0 Å². The number of ether oxygens (including phenoxy) is 1. The Balaban J connectivity index is 2.23. The molecule has 2 rings (SSSR count). The predicted molar refractivity (Wildman–Crippen MR) is 85.4 cm³/mol. The maximum atomic E-state index is 10.5. The molecule has 0 radical (unpaired) electrons. The zero-order chi connectivity index (χ0) is 14.5. The highest BCUT2D eigenvalue weighted by atomic mass is 79.9. The number of benzene rings is 2. The summed E-state index contributed by atoms with van der Waals surface area (Å²) < 4.78 is 6.49. The van der Waals surface area contributed by atoms with Crippen molar-refractivity contribution in [3.63, 3.8) is 0 Å². The molecule has 0 aliphatic heterocycles. The summed E-state index contributed by atoms with van der Waals surface area (Å²) in [6.07, 6.45) is -0.135. The van der Waals surface area contributed by atoms with E-state index in [4.69, 9.17) is 16.3 Å². The van der Waals surface area contributed by atoms with Crippen LogP contribution in [0.5, 0.6) is 5.75 Å². The van der Waals surface area contributed by atoms with E-state index in [1.54, 1.807) is 0 Å². The SMILES string of the molecule is CCOc1ccc(Br)cc1C(O)Cc1cccc(Cl)c1. The van der Waals surface area contributed by atoms with Crippen molar-refractivity contribution < 1.29 is 9.84 Å². The lowest BCUT2D eigenvalue weighted by Gasteiger charge is -2.16. The lowest BCUT2D eigenvalue weighted by molar-refractivity contribution is 0.172. The number of aliphatic hydroxyl groups is 1. The van der Waals surface area contributed by atoms with E-state index in [1.807, 2.05) is 49.4 Å². The standard InChI is InChI=1S/C16H16BrClO2/c1-2-20-16-7-6-12(17)10-14(16)15(19)9-11-4-3-5-13(18)8-11/h3-8,10,15,19H,2,9H2,1H3. The lowest BCUT2D eigenvalue weighted by atomic mass is 10.0. The molecule has 2 aromatic carbocycles. The van der Waals surface area contributed by atoms with Crippen LogP contribution in [-0.4, -0.2) is 11.7 Å². The molecule has 1 unspecified atom stereocenters. The second kappa shape index (κ2) is 7.11. The minimum Gasteiger partial charge on any atom is -0.493 e. The molecular weight excluding hydrogens is 340 g/mol. The van der Waals surface area contributed by atoms with Crippen LogP contribution in [0.1, 0.15) is 24.2 Å². The van der Waals surface area contributed by atoms with Crippen molar-refractivity contribution in [2.75, 3.05) is 6.61 Å². The second-order valence-electron chi connectivity index (χ2n) is 4.47. The van der Waals surface area contributed by atoms with Gasteiger partial charge in [-0.2, -0.15) is 0 Å². The predicted octanol–water partition coefficient (Wildman–Crippen LogP) is 4.78. The van der Waals surface area contributed by atoms with Crippen LogP contribution in [0.3, 0.4) is 0 Å². The van der Waals surface area contributed by atoms with E-state index in [1.165, 1.54) is 0 Å². The van der Waals surface area contributed by atoms with E-state index in [9.17, 15) is 5.11 Å². The van der Waals surface area contributed by atoms with Crippen molar-refractivity contribution in [1.29, 1.82) is 0 Å². The summed E-state index contributed by atoms with van der Waals surface area (Å²) in [5, 5.41) is 11.1. The van der Waals surface area contributed by atoms with Crippen molar-refractivity contribution in [2.24, 2.45) is 0 Å². The highest BCUT2D eigenvalue weighted by Crippen LogP contribution is 2.31. The Morgan fingerprint density at radius 3 is 2.75 bits per heavy atom. The van der Waals surface area contributed by atoms with Crippen LogP contribution in [0.15, 0.2) is 46.9 Å². The molecule has 0 aromatic heterocycles. The largest absolute Gasteiger partial charge is 0.493 e. The Labute approximate surface area is 132 Å². The molecule has 0 fully saturated rings. The fourth-order valence-corrected chi connectivity index (χ4v) is 2.66. The smallest absolute Gasteiger partial charge is 0.125 e. The molecule has 0 amide bonds. The van der Waals surface area contributed by atoms with Gasteiger partial charge in [0.1, 0.15) is 5.75 Å². The van der Waals surface area contributed by atoms with Crippen molar-refractivity contribution in [1.82, 2.24) is 0 Å². The number of halogens is 2. The Hall–Kier alpha value is -1.03. The highest BCUT2D eigenvalue weighted by Gasteiger charge is 2.15. The number of hydrogen-bond donors (Lipinski definition) is 1. The third-order valence-electron chi connectivity index (χ3n) is 2.95. The zero-order valence-electron chi connectivity index (χ0n) is 11.1. The molecule has 1 N–H and O–H groups in total. The summed E-state index contributed by atoms with van der Waals surface area (Å²) in [4.78, 5) is 0. The molecular formula is C16H16BrClO2. The van der Waals surface area contributed by atoms with Gasteiger partial charge < -0.3 is 9.84 Å². The van der Waals surface area contributed by atoms with Crippen LogP contribution < -0.4 is 4.74 Å². The summed E-state index contributed by atoms with van der Waals surface area (Å²) in [7, 11) is 0. The normalized spacial score (nSPS) is 12.2. The van der Waals surface area contributed by atoms with E-state index in [0.29, 0.717) is 23.8 Å². The molecule has 0 aliphatic carbocycles. The maximum absolute atomic E-state index is 10.5. The molecule has 0 saturated heterocycles. The topological polar surface area (TPSA) is 29.5 Å². The molecule has 0 spiro atoms. The van der Waals surface area contributed by atoms with Crippen LogP contribution >= 0.6 is 27.5 Å². The summed E-state index contributed by atoms with van der Waals surface area (Å²) in [5.74, 6) is 0.713. The third-order valence-corrected chi connectivity index (χ3v) is 3.68. The van der Waals surface area contributed by atoms with Gasteiger partial charge in [-0.1, -0.05) is 39.7 Å². The van der Waals surface area contributed by atoms with Gasteiger partial charge in [-0.25, -0.2) is 0 Å². The Bertz CT molecular complexity index is 586. The molecule has 2 nitrogen and oxygen atoms in total. The first-order valence-corrected chi connectivity index (χ1v) is 7.62. The first-order valence-electron chi connectivity index (χ1n) is 6.45. The molecule has 0 bridgehead atoms. The Morgan fingerprint density at radius 1 is 1.25 bits per heavy atom. The van der Waals surface area contributed by atoms with Gasteiger partial charge in [-0.15, -0.1) is 0 Å². The van der Waals surface area contributed by atoms with E-state index in [2.05, 4.69) is 15.9 Å². The lowest BCUT2D eigenvalue weighted by Crippen LogP contribution is -2.05. The quantitative estimate of drug-likeness (QED) is 0.836. The van der Waals surface area contributed by atoms with Crippen LogP contribution in [0, 0.1) is 0 Å². The van der Waals surface area contributed by atoms with E-state index in [0.717, 1.165) is 15.6 Å². The van der Waals surface area contributed by atoms with Crippen molar-refractivity contribution in [3.8, 4) is 5.75 Å². The van der Waals surface area contributed by atoms with Crippen LogP contribution in [0.4, 0.5) is 0 Å². The highest BCUT2D eigenvalue weighted by molar-refractivity contribution is 9.10. The van der Waals surface area contributed by atoms with E-state index < -0.39 is 6.10 Å². The molecule has 20 heavy (non-hydrogen) atoms. The van der Waals surface area contributed by atoms with Crippen molar-refractivity contribution >= 4 is 27.5 Å². The second-order valence-corrected chi connectivity index (χ2v) is 5.82. The van der Waals surface area contributed by atoms with Gasteiger partial charge in [0.2, 0.25) is 0 Å². The van der Waals surface area contributed by atoms with Crippen LogP contribution in [-0.2, 0) is 6.42 Å². The first-order chi connectivity index (χ1) is 9.60. The summed E-state index contributed by atoms with van der Waals surface area (Å²) >= 11 is 9.39. The average Bonchev–Trinajstić information content (AvgIpc) is 2.41. The molecule has 2 aromatic rings. The average molecular weight is 356 g/mol. The van der Waals surface area contributed by atoms with Gasteiger partial charge >= 0.3 is 0 Å². The molecule has 0 saturated carbocycles. The zero-order valence-corrected chi connectivity index (χ0v) is 13.5. The van der Waals surface area contributed by atoms with Gasteiger partial charge in [0.05, 0.1) is 12.7 Å². The Morgan fingerprint density at radius 2 is 2.05 bits per heavy atom. The maximum Gasteiger partial charge on any atom is 0.125 e. The Kier molecular flexibility index (Phi) is 5.46. The fourth-order valence-electron chi connectivity index (χ4n) is 2.06. The number of aliphatic hydroxyl groups excluding tert-OH is 1. The summed E-state index contributed by atoms with van der Waals surface area (Å²) in [5.41, 5.74) is 1.77. The molecule has 0 aliphatic rings. The summed E-state index contributed by atoms with van der Waals surface area (Å²) in [6, 6.07) is 13.2. The molecule has 4 heteroatoms. The van der Waals surface area contributed by atoms with Crippen LogP contribution in [0.25, 0.3) is 0 Å². The van der Waals surface area contributed by atoms with Gasteiger partial charge in [0.15, 0.2) is 0 Å². The number of hydrogen-bond acceptors (Lipinski definition) is 2.